The molecule has 1 aromatic rings. The maximum Gasteiger partial charge on any atom is 0.325 e. The van der Waals surface area contributed by atoms with Crippen LogP contribution in [0.4, 0.5) is 0 Å². The Labute approximate surface area is 73.8 Å². The van der Waals surface area contributed by atoms with Gasteiger partial charge in [0.25, 0.3) is 5.91 Å². The minimum Gasteiger partial charge on any atom is -0.468 e. The zero-order chi connectivity index (χ0) is 9.68. The van der Waals surface area contributed by atoms with Crippen molar-refractivity contribution in [2.24, 2.45) is 0 Å². The molecule has 13 heavy (non-hydrogen) atoms. The molecular weight excluding hydrogens is 176 g/mol. The molecule has 0 saturated carbocycles. The van der Waals surface area contributed by atoms with Crippen LogP contribution in [0, 0.1) is 0 Å². The highest BCUT2D eigenvalue weighted by molar-refractivity contribution is 5.93. The first-order chi connectivity index (χ1) is 6.24. The Kier molecular flexibility index (Phi) is 3.02. The Hall–Kier alpha value is -1.85. The number of esters is 1. The van der Waals surface area contributed by atoms with E-state index in [9.17, 15) is 9.59 Å². The number of nitrogens with zero attached hydrogens (tertiary/aromatic N) is 1. The van der Waals surface area contributed by atoms with Crippen molar-refractivity contribution in [2.75, 3.05) is 13.7 Å². The van der Waals surface area contributed by atoms with Gasteiger partial charge in [-0.3, -0.25) is 9.59 Å². The van der Waals surface area contributed by atoms with Crippen LogP contribution in [0.3, 0.4) is 0 Å². The van der Waals surface area contributed by atoms with Crippen LogP contribution in [0.5, 0.6) is 0 Å². The van der Waals surface area contributed by atoms with Crippen LogP contribution in [0.1, 0.15) is 10.6 Å². The third-order valence-corrected chi connectivity index (χ3v) is 1.28. The third-order valence-electron chi connectivity index (χ3n) is 1.28. The second kappa shape index (κ2) is 4.24. The average molecular weight is 184 g/mol. The molecule has 0 aliphatic heterocycles. The highest BCUT2D eigenvalue weighted by Crippen LogP contribution is 1.94. The average Bonchev–Trinajstić information content (AvgIpc) is 2.66. The molecular formula is C7H8N2O4. The van der Waals surface area contributed by atoms with E-state index in [1.165, 1.54) is 19.4 Å². The number of amides is 1. The predicted octanol–water partition coefficient (Wildman–Crippen LogP) is -0.423. The van der Waals surface area contributed by atoms with E-state index in [-0.39, 0.29) is 12.3 Å². The minimum atomic E-state index is -0.520. The van der Waals surface area contributed by atoms with E-state index in [4.69, 9.17) is 0 Å². The molecule has 1 aromatic heterocycles. The van der Waals surface area contributed by atoms with Gasteiger partial charge in [-0.2, -0.15) is 0 Å². The topological polar surface area (TPSA) is 81.4 Å². The summed E-state index contributed by atoms with van der Waals surface area (Å²) in [7, 11) is 1.24. The first-order valence-corrected chi connectivity index (χ1v) is 3.49. The summed E-state index contributed by atoms with van der Waals surface area (Å²) >= 11 is 0. The molecule has 0 saturated heterocycles. The van der Waals surface area contributed by atoms with Crippen molar-refractivity contribution in [1.82, 2.24) is 10.5 Å². The summed E-state index contributed by atoms with van der Waals surface area (Å²) in [6.07, 6.45) is 1.34. The van der Waals surface area contributed by atoms with Crippen LogP contribution in [0.25, 0.3) is 0 Å². The van der Waals surface area contributed by atoms with Gasteiger partial charge >= 0.3 is 5.97 Å². The van der Waals surface area contributed by atoms with Gasteiger partial charge < -0.3 is 14.6 Å². The number of methoxy groups -OCH3 is 1. The van der Waals surface area contributed by atoms with Crippen molar-refractivity contribution in [3.8, 4) is 0 Å². The first-order valence-electron chi connectivity index (χ1n) is 3.49. The molecule has 0 fully saturated rings. The molecule has 0 aromatic carbocycles. The number of aromatic nitrogens is 1. The largest absolute Gasteiger partial charge is 0.468 e. The summed E-state index contributed by atoms with van der Waals surface area (Å²) < 4.78 is 8.87. The van der Waals surface area contributed by atoms with Crippen molar-refractivity contribution in [2.45, 2.75) is 0 Å². The lowest BCUT2D eigenvalue weighted by molar-refractivity contribution is -0.139. The first kappa shape index (κ1) is 9.24. The second-order valence-corrected chi connectivity index (χ2v) is 2.14. The number of ether oxygens (including phenoxy) is 1. The summed E-state index contributed by atoms with van der Waals surface area (Å²) in [5.74, 6) is -0.959. The maximum absolute atomic E-state index is 11.1. The zero-order valence-corrected chi connectivity index (χ0v) is 6.94. The van der Waals surface area contributed by atoms with Crippen LogP contribution >= 0.6 is 0 Å². The van der Waals surface area contributed by atoms with E-state index >= 15 is 0 Å². The molecule has 1 amide bonds. The predicted molar refractivity (Wildman–Crippen MR) is 40.9 cm³/mol. The number of hydrogen-bond acceptors (Lipinski definition) is 5. The molecule has 0 spiro atoms. The second-order valence-electron chi connectivity index (χ2n) is 2.14. The Morgan fingerprint density at radius 2 is 2.46 bits per heavy atom. The summed E-state index contributed by atoms with van der Waals surface area (Å²) in [6, 6.07) is 1.40. The number of hydrogen-bond donors (Lipinski definition) is 1. The van der Waals surface area contributed by atoms with E-state index in [0.29, 0.717) is 0 Å². The van der Waals surface area contributed by atoms with Crippen LogP contribution in [-0.2, 0) is 9.53 Å². The van der Waals surface area contributed by atoms with Crippen molar-refractivity contribution < 1.29 is 18.8 Å². The lowest BCUT2D eigenvalue weighted by Gasteiger charge is -1.99. The normalized spacial score (nSPS) is 9.31. The van der Waals surface area contributed by atoms with Crippen molar-refractivity contribution >= 4 is 11.9 Å². The van der Waals surface area contributed by atoms with Gasteiger partial charge in [0.15, 0.2) is 0 Å². The van der Waals surface area contributed by atoms with Crippen LogP contribution in [0.2, 0.25) is 0 Å². The highest BCUT2D eigenvalue weighted by atomic mass is 16.5. The molecule has 0 radical (unpaired) electrons. The van der Waals surface area contributed by atoms with Gasteiger partial charge in [-0.1, -0.05) is 5.16 Å². The Morgan fingerprint density at radius 1 is 1.69 bits per heavy atom. The maximum atomic E-state index is 11.1. The summed E-state index contributed by atoms with van der Waals surface area (Å²) in [4.78, 5) is 21.7. The van der Waals surface area contributed by atoms with Crippen LogP contribution in [-0.4, -0.2) is 30.7 Å². The molecule has 70 valence electrons. The molecule has 0 aliphatic carbocycles. The van der Waals surface area contributed by atoms with E-state index in [1.807, 2.05) is 0 Å². The Morgan fingerprint density at radius 3 is 3.00 bits per heavy atom. The zero-order valence-electron chi connectivity index (χ0n) is 6.94. The van der Waals surface area contributed by atoms with E-state index in [2.05, 4.69) is 19.7 Å². The molecule has 1 rings (SSSR count). The molecule has 1 heterocycles. The van der Waals surface area contributed by atoms with Gasteiger partial charge in [-0.15, -0.1) is 0 Å². The van der Waals surface area contributed by atoms with Gasteiger partial charge in [0, 0.05) is 6.07 Å². The highest BCUT2D eigenvalue weighted by Gasteiger charge is 2.10. The van der Waals surface area contributed by atoms with Crippen molar-refractivity contribution in [1.29, 1.82) is 0 Å². The van der Waals surface area contributed by atoms with Crippen molar-refractivity contribution in [3.05, 3.63) is 18.0 Å². The van der Waals surface area contributed by atoms with Crippen molar-refractivity contribution in [3.63, 3.8) is 0 Å². The van der Waals surface area contributed by atoms with E-state index in [0.717, 1.165) is 0 Å². The lowest BCUT2D eigenvalue weighted by atomic mass is 10.4. The summed E-state index contributed by atoms with van der Waals surface area (Å²) in [6.45, 7) is -0.184. The molecule has 0 atom stereocenters. The number of carbonyl (C=O) groups excluding carboxylic acids is 2. The molecule has 6 heteroatoms. The molecule has 0 aliphatic rings. The monoisotopic (exact) mass is 184 g/mol. The lowest BCUT2D eigenvalue weighted by Crippen LogP contribution is -2.29. The quantitative estimate of drug-likeness (QED) is 0.645. The molecule has 0 bridgehead atoms. The molecule has 0 unspecified atom stereocenters. The smallest absolute Gasteiger partial charge is 0.325 e. The third kappa shape index (κ3) is 2.58. The van der Waals surface area contributed by atoms with E-state index < -0.39 is 11.9 Å². The van der Waals surface area contributed by atoms with Crippen LogP contribution < -0.4 is 5.32 Å². The fourth-order valence-corrected chi connectivity index (χ4v) is 0.645. The van der Waals surface area contributed by atoms with Gasteiger partial charge in [-0.25, -0.2) is 0 Å². The SMILES string of the molecule is COC(=O)CNC(=O)c1ccno1. The fraction of sp³-hybridized carbons (Fsp3) is 0.286. The molecule has 1 N–H and O–H groups in total. The number of carbonyl (C=O) groups is 2. The van der Waals surface area contributed by atoms with Gasteiger partial charge in [0.1, 0.15) is 6.54 Å². The Balaban J connectivity index is 2.39. The van der Waals surface area contributed by atoms with Gasteiger partial charge in [0.2, 0.25) is 5.76 Å². The van der Waals surface area contributed by atoms with Gasteiger partial charge in [0.05, 0.1) is 13.3 Å². The van der Waals surface area contributed by atoms with E-state index in [1.54, 1.807) is 0 Å². The number of rotatable bonds is 3. The molecule has 6 nitrogen and oxygen atoms in total. The fourth-order valence-electron chi connectivity index (χ4n) is 0.645. The minimum absolute atomic E-state index is 0.0592. The number of nitrogens with one attached hydrogen (secondary N) is 1. The standard InChI is InChI=1S/C7H8N2O4/c1-12-6(10)4-8-7(11)5-2-3-9-13-5/h2-3H,4H2,1H3,(H,8,11). The Bertz CT molecular complexity index is 293. The summed E-state index contributed by atoms with van der Waals surface area (Å²) in [5.41, 5.74) is 0. The van der Waals surface area contributed by atoms with Crippen LogP contribution in [0.15, 0.2) is 16.8 Å². The summed E-state index contributed by atoms with van der Waals surface area (Å²) in [5, 5.41) is 5.63. The van der Waals surface area contributed by atoms with Gasteiger partial charge in [-0.05, 0) is 0 Å².